The number of nitrogens with one attached hydrogen (secondary N) is 1. The van der Waals surface area contributed by atoms with E-state index >= 15 is 0 Å². The third kappa shape index (κ3) is 4.23. The third-order valence-corrected chi connectivity index (χ3v) is 6.09. The lowest BCUT2D eigenvalue weighted by atomic mass is 10.2. The fourth-order valence-corrected chi connectivity index (χ4v) is 4.50. The molecule has 0 aromatic heterocycles. The van der Waals surface area contributed by atoms with Crippen molar-refractivity contribution < 1.29 is 9.59 Å². The van der Waals surface area contributed by atoms with Gasteiger partial charge in [0.25, 0.3) is 0 Å². The van der Waals surface area contributed by atoms with E-state index in [4.69, 9.17) is 11.6 Å². The van der Waals surface area contributed by atoms with E-state index in [-0.39, 0.29) is 24.3 Å². The highest BCUT2D eigenvalue weighted by Gasteiger charge is 2.46. The third-order valence-electron chi connectivity index (χ3n) is 4.70. The molecule has 28 heavy (non-hydrogen) atoms. The molecule has 2 aromatic carbocycles. The molecule has 144 valence electrons. The van der Waals surface area contributed by atoms with Crippen molar-refractivity contribution in [1.29, 1.82) is 0 Å². The fourth-order valence-electron chi connectivity index (χ4n) is 3.10. The van der Waals surface area contributed by atoms with E-state index in [1.54, 1.807) is 17.0 Å². The number of aliphatic imine (C=N–C) groups is 1. The molecule has 4 rings (SSSR count). The molecule has 2 fully saturated rings. The quantitative estimate of drug-likeness (QED) is 0.767. The van der Waals surface area contributed by atoms with Crippen LogP contribution in [0.3, 0.4) is 0 Å². The number of thioether (sulfide) groups is 1. The molecule has 0 spiro atoms. The standard InChI is InChI=1S/C21H20ClN3O2S/c1-13-5-2-3-8-17(13)24-19(26)12-18-20(27)25(16-9-10-16)21(28-18)23-15-7-4-6-14(22)11-15/h2-8,11,16,18H,9-10,12H2,1H3,(H,24,26)/t18-/m0/s1. The zero-order valence-corrected chi connectivity index (χ0v) is 17.0. The monoisotopic (exact) mass is 413 g/mol. The fraction of sp³-hybridized carbons (Fsp3) is 0.286. The van der Waals surface area contributed by atoms with Crippen molar-refractivity contribution >= 4 is 51.7 Å². The SMILES string of the molecule is Cc1ccccc1NC(=O)C[C@@H]1SC(=Nc2cccc(Cl)c2)N(C2CC2)C1=O. The van der Waals surface area contributed by atoms with E-state index in [0.717, 1.165) is 24.1 Å². The van der Waals surface area contributed by atoms with Gasteiger partial charge in [-0.3, -0.25) is 14.5 Å². The highest BCUT2D eigenvalue weighted by atomic mass is 35.5. The molecule has 1 saturated carbocycles. The summed E-state index contributed by atoms with van der Waals surface area (Å²) in [6.07, 6.45) is 2.07. The molecule has 7 heteroatoms. The maximum atomic E-state index is 12.9. The number of hydrogen-bond donors (Lipinski definition) is 1. The molecule has 1 heterocycles. The maximum absolute atomic E-state index is 12.9. The van der Waals surface area contributed by atoms with Crippen molar-refractivity contribution in [2.45, 2.75) is 37.5 Å². The number of hydrogen-bond acceptors (Lipinski definition) is 4. The molecule has 0 radical (unpaired) electrons. The van der Waals surface area contributed by atoms with E-state index in [2.05, 4.69) is 10.3 Å². The molecule has 2 aromatic rings. The lowest BCUT2D eigenvalue weighted by Gasteiger charge is -2.15. The minimum absolute atomic E-state index is 0.0341. The van der Waals surface area contributed by atoms with E-state index in [1.807, 2.05) is 43.3 Å². The summed E-state index contributed by atoms with van der Waals surface area (Å²) in [6, 6.07) is 15.0. The number of para-hydroxylation sites is 1. The van der Waals surface area contributed by atoms with Crippen LogP contribution in [0.25, 0.3) is 0 Å². The highest BCUT2D eigenvalue weighted by molar-refractivity contribution is 8.15. The van der Waals surface area contributed by atoms with E-state index in [0.29, 0.717) is 15.9 Å². The molecule has 2 amide bonds. The topological polar surface area (TPSA) is 61.8 Å². The Morgan fingerprint density at radius 3 is 2.75 bits per heavy atom. The van der Waals surface area contributed by atoms with Crippen LogP contribution in [0.2, 0.25) is 5.02 Å². The van der Waals surface area contributed by atoms with Gasteiger partial charge in [-0.15, -0.1) is 0 Å². The van der Waals surface area contributed by atoms with Gasteiger partial charge < -0.3 is 5.32 Å². The van der Waals surface area contributed by atoms with Crippen LogP contribution in [0.1, 0.15) is 24.8 Å². The number of benzene rings is 2. The number of carbonyl (C=O) groups is 2. The Bertz CT molecular complexity index is 958. The number of aryl methyl sites for hydroxylation is 1. The predicted octanol–water partition coefficient (Wildman–Crippen LogP) is 4.77. The summed E-state index contributed by atoms with van der Waals surface area (Å²) in [5.41, 5.74) is 2.47. The number of amides is 2. The van der Waals surface area contributed by atoms with Crippen LogP contribution < -0.4 is 5.32 Å². The molecule has 2 aliphatic rings. The van der Waals surface area contributed by atoms with Crippen molar-refractivity contribution in [1.82, 2.24) is 4.90 Å². The average Bonchev–Trinajstić information content (AvgIpc) is 3.43. The number of anilines is 1. The molecular weight excluding hydrogens is 394 g/mol. The summed E-state index contributed by atoms with van der Waals surface area (Å²) in [6.45, 7) is 1.94. The van der Waals surface area contributed by atoms with Gasteiger partial charge in [-0.25, -0.2) is 4.99 Å². The molecule has 1 N–H and O–H groups in total. The molecule has 1 aliphatic carbocycles. The molecule has 0 bridgehead atoms. The minimum atomic E-state index is -0.456. The summed E-state index contributed by atoms with van der Waals surface area (Å²) in [5, 5.41) is 3.71. The van der Waals surface area contributed by atoms with Gasteiger partial charge in [-0.05, 0) is 49.6 Å². The number of carbonyl (C=O) groups excluding carboxylic acids is 2. The van der Waals surface area contributed by atoms with Gasteiger partial charge in [0, 0.05) is 23.2 Å². The number of nitrogens with zero attached hydrogens (tertiary/aromatic N) is 2. The van der Waals surface area contributed by atoms with Crippen molar-refractivity contribution in [2.75, 3.05) is 5.32 Å². The Morgan fingerprint density at radius 2 is 2.04 bits per heavy atom. The van der Waals surface area contributed by atoms with Gasteiger partial charge in [-0.1, -0.05) is 47.6 Å². The second-order valence-corrected chi connectivity index (χ2v) is 8.59. The molecule has 0 unspecified atom stereocenters. The average molecular weight is 414 g/mol. The number of amidine groups is 1. The first-order chi connectivity index (χ1) is 13.5. The Hall–Kier alpha value is -2.31. The lowest BCUT2D eigenvalue weighted by molar-refractivity contribution is -0.128. The molecule has 1 saturated heterocycles. The first-order valence-electron chi connectivity index (χ1n) is 9.21. The lowest BCUT2D eigenvalue weighted by Crippen LogP contribution is -2.35. The predicted molar refractivity (Wildman–Crippen MR) is 114 cm³/mol. The van der Waals surface area contributed by atoms with Crippen LogP contribution in [0, 0.1) is 6.92 Å². The van der Waals surface area contributed by atoms with Crippen molar-refractivity contribution in [2.24, 2.45) is 4.99 Å². The summed E-state index contributed by atoms with van der Waals surface area (Å²) < 4.78 is 0. The first kappa shape index (κ1) is 19.0. The van der Waals surface area contributed by atoms with Crippen LogP contribution in [0.5, 0.6) is 0 Å². The number of rotatable bonds is 5. The second-order valence-electron chi connectivity index (χ2n) is 6.99. The van der Waals surface area contributed by atoms with Crippen molar-refractivity contribution in [3.8, 4) is 0 Å². The van der Waals surface area contributed by atoms with Crippen LogP contribution >= 0.6 is 23.4 Å². The number of halogens is 1. The zero-order chi connectivity index (χ0) is 19.7. The molecule has 1 aliphatic heterocycles. The summed E-state index contributed by atoms with van der Waals surface area (Å²) in [7, 11) is 0. The molecular formula is C21H20ClN3O2S. The highest BCUT2D eigenvalue weighted by Crippen LogP contribution is 2.39. The molecule has 5 nitrogen and oxygen atoms in total. The smallest absolute Gasteiger partial charge is 0.242 e. The summed E-state index contributed by atoms with van der Waals surface area (Å²) in [4.78, 5) is 31.8. The van der Waals surface area contributed by atoms with Crippen molar-refractivity contribution in [3.63, 3.8) is 0 Å². The zero-order valence-electron chi connectivity index (χ0n) is 15.4. The second kappa shape index (κ2) is 7.97. The van der Waals surface area contributed by atoms with E-state index in [1.165, 1.54) is 11.8 Å². The first-order valence-corrected chi connectivity index (χ1v) is 10.5. The van der Waals surface area contributed by atoms with Crippen LogP contribution in [-0.4, -0.2) is 33.2 Å². The summed E-state index contributed by atoms with van der Waals surface area (Å²) >= 11 is 7.41. The van der Waals surface area contributed by atoms with Crippen LogP contribution in [0.15, 0.2) is 53.5 Å². The Labute approximate surface area is 173 Å². The van der Waals surface area contributed by atoms with Gasteiger partial charge in [0.05, 0.1) is 5.69 Å². The molecule has 1 atom stereocenters. The maximum Gasteiger partial charge on any atom is 0.242 e. The Balaban J connectivity index is 1.50. The van der Waals surface area contributed by atoms with Gasteiger partial charge >= 0.3 is 0 Å². The van der Waals surface area contributed by atoms with E-state index in [9.17, 15) is 9.59 Å². The van der Waals surface area contributed by atoms with Crippen molar-refractivity contribution in [3.05, 3.63) is 59.1 Å². The normalized spacial score (nSPS) is 20.6. The largest absolute Gasteiger partial charge is 0.326 e. The van der Waals surface area contributed by atoms with Gasteiger partial charge in [-0.2, -0.15) is 0 Å². The van der Waals surface area contributed by atoms with E-state index < -0.39 is 5.25 Å². The van der Waals surface area contributed by atoms with Gasteiger partial charge in [0.1, 0.15) is 5.25 Å². The van der Waals surface area contributed by atoms with Crippen LogP contribution in [0.4, 0.5) is 11.4 Å². The minimum Gasteiger partial charge on any atom is -0.326 e. The van der Waals surface area contributed by atoms with Gasteiger partial charge in [0.15, 0.2) is 5.17 Å². The Morgan fingerprint density at radius 1 is 1.25 bits per heavy atom. The van der Waals surface area contributed by atoms with Crippen LogP contribution in [-0.2, 0) is 9.59 Å². The van der Waals surface area contributed by atoms with Gasteiger partial charge in [0.2, 0.25) is 11.8 Å². The Kier molecular flexibility index (Phi) is 5.42. The summed E-state index contributed by atoms with van der Waals surface area (Å²) in [5.74, 6) is -0.201.